The SMILES string of the molecule is CNC(=O)c1c(-c2ccc(F)cc2)oc2ccc(-c3cccc(C(=O)CC(C)(C)C(=O)N(C)C)c3)cc12. The smallest absolute Gasteiger partial charge is 0.255 e. The molecule has 0 saturated heterocycles. The first-order chi connectivity index (χ1) is 17.5. The van der Waals surface area contributed by atoms with Gasteiger partial charge in [0, 0.05) is 44.1 Å². The molecule has 1 N–H and O–H groups in total. The summed E-state index contributed by atoms with van der Waals surface area (Å²) in [5.41, 5.74) is 2.70. The zero-order chi connectivity index (χ0) is 26.9. The standard InChI is InChI=1S/C30H29FN2O4/c1-30(2,29(36)33(4)5)17-24(34)21-8-6-7-19(15-21)20-11-14-25-23(16-20)26(28(35)32-3)27(37-25)18-9-12-22(31)13-10-18/h6-16H,17H2,1-5H3,(H,32,35). The molecule has 6 nitrogen and oxygen atoms in total. The summed E-state index contributed by atoms with van der Waals surface area (Å²) in [4.78, 5) is 39.9. The van der Waals surface area contributed by atoms with E-state index in [9.17, 15) is 18.8 Å². The van der Waals surface area contributed by atoms with Gasteiger partial charge in [-0.05, 0) is 53.6 Å². The van der Waals surface area contributed by atoms with Crippen LogP contribution in [-0.4, -0.2) is 43.6 Å². The number of fused-ring (bicyclic) bond motifs is 1. The fourth-order valence-corrected chi connectivity index (χ4v) is 4.49. The summed E-state index contributed by atoms with van der Waals surface area (Å²) in [5.74, 6) is -0.597. The molecule has 0 radical (unpaired) electrons. The van der Waals surface area contributed by atoms with Gasteiger partial charge in [-0.15, -0.1) is 0 Å². The van der Waals surface area contributed by atoms with Crippen molar-refractivity contribution in [3.8, 4) is 22.5 Å². The normalized spacial score (nSPS) is 11.4. The molecule has 7 heteroatoms. The molecule has 1 heterocycles. The van der Waals surface area contributed by atoms with Crippen LogP contribution in [0, 0.1) is 11.2 Å². The van der Waals surface area contributed by atoms with Gasteiger partial charge < -0.3 is 14.6 Å². The average molecular weight is 501 g/mol. The Labute approximate surface area is 215 Å². The minimum atomic E-state index is -0.828. The van der Waals surface area contributed by atoms with E-state index >= 15 is 0 Å². The first-order valence-corrected chi connectivity index (χ1v) is 11.9. The van der Waals surface area contributed by atoms with Gasteiger partial charge in [-0.25, -0.2) is 4.39 Å². The Morgan fingerprint density at radius 3 is 2.22 bits per heavy atom. The molecular formula is C30H29FN2O4. The van der Waals surface area contributed by atoms with E-state index in [1.165, 1.54) is 24.1 Å². The molecule has 4 aromatic rings. The predicted octanol–water partition coefficient (Wildman–Crippen LogP) is 5.95. The highest BCUT2D eigenvalue weighted by atomic mass is 19.1. The van der Waals surface area contributed by atoms with Crippen molar-refractivity contribution in [3.63, 3.8) is 0 Å². The highest BCUT2D eigenvalue weighted by Crippen LogP contribution is 2.36. The molecule has 2 amide bonds. The Kier molecular flexibility index (Phi) is 6.99. The number of carbonyl (C=O) groups excluding carboxylic acids is 3. The van der Waals surface area contributed by atoms with Crippen LogP contribution in [0.2, 0.25) is 0 Å². The maximum absolute atomic E-state index is 13.5. The van der Waals surface area contributed by atoms with Crippen LogP contribution in [0.1, 0.15) is 41.0 Å². The van der Waals surface area contributed by atoms with Crippen molar-refractivity contribution in [1.82, 2.24) is 10.2 Å². The number of nitrogens with one attached hydrogen (secondary N) is 1. The molecule has 190 valence electrons. The van der Waals surface area contributed by atoms with Gasteiger partial charge in [0.1, 0.15) is 17.2 Å². The zero-order valence-corrected chi connectivity index (χ0v) is 21.5. The molecule has 3 aromatic carbocycles. The van der Waals surface area contributed by atoms with E-state index in [4.69, 9.17) is 4.42 Å². The van der Waals surface area contributed by atoms with E-state index in [1.54, 1.807) is 64.3 Å². The molecular weight excluding hydrogens is 471 g/mol. The molecule has 0 saturated carbocycles. The van der Waals surface area contributed by atoms with Gasteiger partial charge in [0.05, 0.1) is 11.0 Å². The van der Waals surface area contributed by atoms with Crippen LogP contribution in [0.5, 0.6) is 0 Å². The van der Waals surface area contributed by atoms with Crippen LogP contribution < -0.4 is 5.32 Å². The lowest BCUT2D eigenvalue weighted by atomic mass is 9.84. The number of amides is 2. The molecule has 0 aliphatic heterocycles. The molecule has 0 aliphatic carbocycles. The first-order valence-electron chi connectivity index (χ1n) is 11.9. The lowest BCUT2D eigenvalue weighted by molar-refractivity contribution is -0.137. The van der Waals surface area contributed by atoms with E-state index in [1.807, 2.05) is 18.2 Å². The van der Waals surface area contributed by atoms with Crippen LogP contribution in [0.25, 0.3) is 33.4 Å². The van der Waals surface area contributed by atoms with Crippen molar-refractivity contribution in [1.29, 1.82) is 0 Å². The lowest BCUT2D eigenvalue weighted by Crippen LogP contribution is -2.37. The fourth-order valence-electron chi connectivity index (χ4n) is 4.49. The number of ketones is 1. The van der Waals surface area contributed by atoms with E-state index < -0.39 is 5.41 Å². The summed E-state index contributed by atoms with van der Waals surface area (Å²) >= 11 is 0. The van der Waals surface area contributed by atoms with Crippen molar-refractivity contribution in [2.45, 2.75) is 20.3 Å². The highest BCUT2D eigenvalue weighted by Gasteiger charge is 2.32. The first kappa shape index (κ1) is 25.8. The number of halogens is 1. The number of carbonyl (C=O) groups is 3. The quantitative estimate of drug-likeness (QED) is 0.318. The number of rotatable bonds is 7. The number of Topliss-reactive ketones (excluding diaryl/α,β-unsaturated/α-hetero) is 1. The van der Waals surface area contributed by atoms with Crippen molar-refractivity contribution in [2.24, 2.45) is 5.41 Å². The molecule has 37 heavy (non-hydrogen) atoms. The van der Waals surface area contributed by atoms with Gasteiger partial charge >= 0.3 is 0 Å². The van der Waals surface area contributed by atoms with Crippen molar-refractivity contribution >= 4 is 28.6 Å². The van der Waals surface area contributed by atoms with Gasteiger partial charge in [-0.3, -0.25) is 14.4 Å². The molecule has 4 rings (SSSR count). The fraction of sp³-hybridized carbons (Fsp3) is 0.233. The molecule has 0 fully saturated rings. The highest BCUT2D eigenvalue weighted by molar-refractivity contribution is 6.12. The topological polar surface area (TPSA) is 79.6 Å². The van der Waals surface area contributed by atoms with E-state index in [0.717, 1.165) is 11.1 Å². The zero-order valence-electron chi connectivity index (χ0n) is 21.5. The third kappa shape index (κ3) is 5.16. The van der Waals surface area contributed by atoms with E-state index in [-0.39, 0.29) is 29.8 Å². The van der Waals surface area contributed by atoms with E-state index in [0.29, 0.717) is 33.4 Å². The number of nitrogens with zero attached hydrogens (tertiary/aromatic N) is 1. The molecule has 0 unspecified atom stereocenters. The van der Waals surface area contributed by atoms with Gasteiger partial charge in [0.2, 0.25) is 5.91 Å². The van der Waals surface area contributed by atoms with Gasteiger partial charge in [0.15, 0.2) is 5.78 Å². The summed E-state index contributed by atoms with van der Waals surface area (Å²) in [6.07, 6.45) is 0.0794. The van der Waals surface area contributed by atoms with Crippen molar-refractivity contribution in [2.75, 3.05) is 21.1 Å². The number of benzene rings is 3. The molecule has 1 aromatic heterocycles. The van der Waals surface area contributed by atoms with Crippen LogP contribution in [0.3, 0.4) is 0 Å². The Balaban J connectivity index is 1.74. The third-order valence-electron chi connectivity index (χ3n) is 6.35. The average Bonchev–Trinajstić information content (AvgIpc) is 3.26. The number of hydrogen-bond donors (Lipinski definition) is 1. The van der Waals surface area contributed by atoms with Gasteiger partial charge in [0.25, 0.3) is 5.91 Å². The Morgan fingerprint density at radius 1 is 0.919 bits per heavy atom. The van der Waals surface area contributed by atoms with Crippen LogP contribution in [0.4, 0.5) is 4.39 Å². The summed E-state index contributed by atoms with van der Waals surface area (Å²) < 4.78 is 19.5. The van der Waals surface area contributed by atoms with E-state index in [2.05, 4.69) is 5.32 Å². The molecule has 0 atom stereocenters. The number of furan rings is 1. The maximum atomic E-state index is 13.5. The summed E-state index contributed by atoms with van der Waals surface area (Å²) in [7, 11) is 4.89. The molecule has 0 spiro atoms. The minimum Gasteiger partial charge on any atom is -0.455 e. The lowest BCUT2D eigenvalue weighted by Gasteiger charge is -2.26. The third-order valence-corrected chi connectivity index (χ3v) is 6.35. The van der Waals surface area contributed by atoms with Crippen LogP contribution in [0.15, 0.2) is 71.1 Å². The van der Waals surface area contributed by atoms with Gasteiger partial charge in [-0.1, -0.05) is 38.1 Å². The second-order valence-corrected chi connectivity index (χ2v) is 9.87. The summed E-state index contributed by atoms with van der Waals surface area (Å²) in [5, 5.41) is 3.26. The van der Waals surface area contributed by atoms with Crippen LogP contribution >= 0.6 is 0 Å². The van der Waals surface area contributed by atoms with Gasteiger partial charge in [-0.2, -0.15) is 0 Å². The maximum Gasteiger partial charge on any atom is 0.255 e. The predicted molar refractivity (Wildman–Crippen MR) is 142 cm³/mol. The number of hydrogen-bond acceptors (Lipinski definition) is 4. The van der Waals surface area contributed by atoms with Crippen LogP contribution in [-0.2, 0) is 4.79 Å². The molecule has 0 bridgehead atoms. The monoisotopic (exact) mass is 500 g/mol. The Hall–Kier alpha value is -4.26. The second kappa shape index (κ2) is 10.0. The van der Waals surface area contributed by atoms with Crippen molar-refractivity contribution < 1.29 is 23.2 Å². The minimum absolute atomic E-state index is 0.0794. The molecule has 0 aliphatic rings. The Bertz CT molecular complexity index is 1500. The second-order valence-electron chi connectivity index (χ2n) is 9.87. The van der Waals surface area contributed by atoms with Crippen molar-refractivity contribution in [3.05, 3.63) is 83.7 Å². The largest absolute Gasteiger partial charge is 0.455 e. The summed E-state index contributed by atoms with van der Waals surface area (Å²) in [6, 6.07) is 18.5. The Morgan fingerprint density at radius 2 is 1.57 bits per heavy atom. The summed E-state index contributed by atoms with van der Waals surface area (Å²) in [6.45, 7) is 3.53.